The van der Waals surface area contributed by atoms with Gasteiger partial charge in [-0.3, -0.25) is 9.59 Å². The average molecular weight is 461 g/mol. The van der Waals surface area contributed by atoms with E-state index in [-0.39, 0.29) is 41.4 Å². The number of ketones is 1. The van der Waals surface area contributed by atoms with Gasteiger partial charge in [0.1, 0.15) is 17.6 Å². The maximum absolute atomic E-state index is 14.0. The van der Waals surface area contributed by atoms with Gasteiger partial charge in [-0.25, -0.2) is 4.39 Å². The van der Waals surface area contributed by atoms with Gasteiger partial charge in [-0.05, 0) is 76.5 Å². The number of allylic oxidation sites excluding steroid dienone is 2. The SMILES string of the molecule is CNC(C)(CCc1ccccc1F)CC[C@H]1C(N=O)CC(=O)[C@@H]1CC=CCCCC(=O)OC. The van der Waals surface area contributed by atoms with Crippen LogP contribution >= 0.6 is 0 Å². The van der Waals surface area contributed by atoms with Crippen LogP contribution in [0.1, 0.15) is 63.9 Å². The van der Waals surface area contributed by atoms with Crippen LogP contribution < -0.4 is 5.32 Å². The Labute approximate surface area is 196 Å². The number of nitrogens with one attached hydrogen (secondary N) is 1. The number of carbonyl (C=O) groups is 2. The normalized spacial score (nSPS) is 22.4. The van der Waals surface area contributed by atoms with Gasteiger partial charge in [0.05, 0.1) is 7.11 Å². The zero-order valence-corrected chi connectivity index (χ0v) is 20.0. The Morgan fingerprint density at radius 1 is 1.30 bits per heavy atom. The molecule has 6 nitrogen and oxygen atoms in total. The first-order chi connectivity index (χ1) is 15.8. The highest BCUT2D eigenvalue weighted by Crippen LogP contribution is 2.39. The number of Topliss-reactive ketones (excluding diaryl/α,β-unsaturated/α-hetero) is 1. The first-order valence-electron chi connectivity index (χ1n) is 11.8. The highest BCUT2D eigenvalue weighted by Gasteiger charge is 2.43. The van der Waals surface area contributed by atoms with Crippen LogP contribution in [0, 0.1) is 22.6 Å². The molecule has 0 heterocycles. The maximum Gasteiger partial charge on any atom is 0.305 e. The molecule has 1 aromatic rings. The topological polar surface area (TPSA) is 84.8 Å². The van der Waals surface area contributed by atoms with Crippen molar-refractivity contribution >= 4 is 11.8 Å². The highest BCUT2D eigenvalue weighted by atomic mass is 19.1. The lowest BCUT2D eigenvalue weighted by atomic mass is 9.80. The van der Waals surface area contributed by atoms with Crippen molar-refractivity contribution in [3.63, 3.8) is 0 Å². The third-order valence-corrected chi connectivity index (χ3v) is 7.04. The van der Waals surface area contributed by atoms with Crippen molar-refractivity contribution in [2.45, 2.75) is 76.3 Å². The number of hydrogen-bond acceptors (Lipinski definition) is 6. The minimum Gasteiger partial charge on any atom is -0.469 e. The van der Waals surface area contributed by atoms with E-state index in [0.29, 0.717) is 37.7 Å². The lowest BCUT2D eigenvalue weighted by molar-refractivity contribution is -0.140. The van der Waals surface area contributed by atoms with Gasteiger partial charge in [-0.2, -0.15) is 4.91 Å². The van der Waals surface area contributed by atoms with Crippen LogP contribution in [0.25, 0.3) is 0 Å². The van der Waals surface area contributed by atoms with Crippen LogP contribution in [0.2, 0.25) is 0 Å². The molecule has 0 radical (unpaired) electrons. The predicted molar refractivity (Wildman–Crippen MR) is 127 cm³/mol. The monoisotopic (exact) mass is 460 g/mol. The van der Waals surface area contributed by atoms with E-state index >= 15 is 0 Å². The first kappa shape index (κ1) is 26.8. The van der Waals surface area contributed by atoms with Crippen LogP contribution in [-0.4, -0.2) is 37.5 Å². The van der Waals surface area contributed by atoms with E-state index in [1.165, 1.54) is 13.2 Å². The van der Waals surface area contributed by atoms with Gasteiger partial charge in [-0.15, -0.1) is 0 Å². The summed E-state index contributed by atoms with van der Waals surface area (Å²) in [5.41, 5.74) is 0.452. The minimum atomic E-state index is -0.483. The summed E-state index contributed by atoms with van der Waals surface area (Å²) in [6.45, 7) is 2.10. The minimum absolute atomic E-state index is 0.0872. The molecule has 0 aromatic heterocycles. The summed E-state index contributed by atoms with van der Waals surface area (Å²) in [7, 11) is 3.27. The second-order valence-corrected chi connectivity index (χ2v) is 9.23. The Kier molecular flexibility index (Phi) is 10.8. The summed E-state index contributed by atoms with van der Waals surface area (Å²) in [5.74, 6) is -0.618. The number of carbonyl (C=O) groups excluding carboxylic acids is 2. The molecule has 33 heavy (non-hydrogen) atoms. The number of aryl methyl sites for hydroxylation is 1. The Bertz CT molecular complexity index is 828. The van der Waals surface area contributed by atoms with Crippen LogP contribution in [0.3, 0.4) is 0 Å². The summed E-state index contributed by atoms with van der Waals surface area (Å²) in [5, 5.41) is 6.63. The van der Waals surface area contributed by atoms with Gasteiger partial charge in [0, 0.05) is 24.3 Å². The second-order valence-electron chi connectivity index (χ2n) is 9.23. The van der Waals surface area contributed by atoms with E-state index in [1.807, 2.05) is 25.3 Å². The molecule has 1 aromatic carbocycles. The predicted octanol–water partition coefficient (Wildman–Crippen LogP) is 5.15. The van der Waals surface area contributed by atoms with Crippen molar-refractivity contribution in [1.82, 2.24) is 5.32 Å². The number of esters is 1. The van der Waals surface area contributed by atoms with Crippen molar-refractivity contribution in [3.05, 3.63) is 52.7 Å². The van der Waals surface area contributed by atoms with Crippen molar-refractivity contribution < 1.29 is 18.7 Å². The molecule has 1 aliphatic carbocycles. The first-order valence-corrected chi connectivity index (χ1v) is 11.8. The Hall–Kier alpha value is -2.41. The van der Waals surface area contributed by atoms with Crippen LogP contribution in [0.5, 0.6) is 0 Å². The Morgan fingerprint density at radius 2 is 2.06 bits per heavy atom. The van der Waals surface area contributed by atoms with Gasteiger partial charge < -0.3 is 10.1 Å². The number of nitroso groups, excluding NO2 is 1. The Morgan fingerprint density at radius 3 is 2.73 bits per heavy atom. The lowest BCUT2D eigenvalue weighted by Crippen LogP contribution is -2.41. The van der Waals surface area contributed by atoms with E-state index in [2.05, 4.69) is 22.2 Å². The fourth-order valence-electron chi connectivity index (χ4n) is 4.63. The fraction of sp³-hybridized carbons (Fsp3) is 0.615. The molecule has 1 saturated carbocycles. The molecule has 7 heteroatoms. The third-order valence-electron chi connectivity index (χ3n) is 7.04. The van der Waals surface area contributed by atoms with Gasteiger partial charge >= 0.3 is 5.97 Å². The van der Waals surface area contributed by atoms with Crippen molar-refractivity contribution in [3.8, 4) is 0 Å². The van der Waals surface area contributed by atoms with Gasteiger partial charge in [-0.1, -0.05) is 35.5 Å². The van der Waals surface area contributed by atoms with E-state index < -0.39 is 6.04 Å². The zero-order chi connectivity index (χ0) is 24.3. The van der Waals surface area contributed by atoms with Gasteiger partial charge in [0.2, 0.25) is 0 Å². The summed E-state index contributed by atoms with van der Waals surface area (Å²) in [6.07, 6.45) is 9.40. The summed E-state index contributed by atoms with van der Waals surface area (Å²) in [4.78, 5) is 35.2. The smallest absolute Gasteiger partial charge is 0.305 e. The van der Waals surface area contributed by atoms with Crippen LogP contribution in [0.4, 0.5) is 4.39 Å². The third kappa shape index (κ3) is 8.14. The van der Waals surface area contributed by atoms with E-state index in [0.717, 1.165) is 19.3 Å². The molecule has 1 aliphatic rings. The van der Waals surface area contributed by atoms with E-state index in [4.69, 9.17) is 0 Å². The molecule has 182 valence electrons. The maximum atomic E-state index is 14.0. The quantitative estimate of drug-likeness (QED) is 0.180. The van der Waals surface area contributed by atoms with Crippen molar-refractivity contribution in [2.75, 3.05) is 14.2 Å². The zero-order valence-electron chi connectivity index (χ0n) is 20.0. The molecule has 4 atom stereocenters. The molecule has 0 spiro atoms. The van der Waals surface area contributed by atoms with Crippen LogP contribution in [0.15, 0.2) is 41.6 Å². The highest BCUT2D eigenvalue weighted by molar-refractivity contribution is 5.84. The molecule has 2 unspecified atom stereocenters. The molecular weight excluding hydrogens is 423 g/mol. The van der Waals surface area contributed by atoms with E-state index in [1.54, 1.807) is 12.1 Å². The van der Waals surface area contributed by atoms with Crippen molar-refractivity contribution in [2.24, 2.45) is 17.0 Å². The standard InChI is InChI=1S/C26H37FN2O4/c1-26(28-2,16-14-19-10-8-9-12-22(19)27)17-15-20-21(24(30)18-23(20)29-32)11-6-4-5-7-13-25(31)33-3/h4,6,8-10,12,20-21,23,28H,5,7,11,13-18H2,1-3H3/t20-,21-,23?,26?/m1/s1. The number of benzene rings is 1. The Balaban J connectivity index is 1.93. The number of halogens is 1. The largest absolute Gasteiger partial charge is 0.469 e. The lowest BCUT2D eigenvalue weighted by Gasteiger charge is -2.32. The summed E-state index contributed by atoms with van der Waals surface area (Å²) >= 11 is 0. The second kappa shape index (κ2) is 13.3. The fourth-order valence-corrected chi connectivity index (χ4v) is 4.63. The van der Waals surface area contributed by atoms with Crippen molar-refractivity contribution in [1.29, 1.82) is 0 Å². The number of nitrogens with zero attached hydrogens (tertiary/aromatic N) is 1. The number of hydrogen-bond donors (Lipinski definition) is 1. The van der Waals surface area contributed by atoms with Gasteiger partial charge in [0.25, 0.3) is 0 Å². The molecule has 2 rings (SSSR count). The van der Waals surface area contributed by atoms with Crippen LogP contribution in [-0.2, 0) is 20.7 Å². The number of ether oxygens (including phenoxy) is 1. The molecule has 0 amide bonds. The number of rotatable bonds is 14. The molecule has 1 fully saturated rings. The molecule has 1 N–H and O–H groups in total. The molecular formula is C26H37FN2O4. The summed E-state index contributed by atoms with van der Waals surface area (Å²) in [6, 6.07) is 6.33. The number of unbranched alkanes of at least 4 members (excludes halogenated alkanes) is 1. The average Bonchev–Trinajstić information content (AvgIpc) is 3.13. The molecule has 0 aliphatic heterocycles. The molecule has 0 saturated heterocycles. The summed E-state index contributed by atoms with van der Waals surface area (Å²) < 4.78 is 18.6. The van der Waals surface area contributed by atoms with E-state index in [9.17, 15) is 18.9 Å². The molecule has 0 bridgehead atoms. The van der Waals surface area contributed by atoms with Gasteiger partial charge in [0.15, 0.2) is 0 Å². The number of methoxy groups -OCH3 is 1.